The minimum atomic E-state index is -2.15. The lowest BCUT2D eigenvalue weighted by atomic mass is 9.84. The SMILES string of the molecule is CC(C)(C)OC(=O)N[C@@H]1CN(c2ccncc2NC(=O)c2nc(B3OC(C)(C)C(C)(C)O3)ccc2N)CC[C@H]1O[Si](C)(C)C(C)(C)C. The third-order valence-corrected chi connectivity index (χ3v) is 14.1. The number of hydrogen-bond acceptors (Lipinski definition) is 10. The molecule has 2 saturated heterocycles. The summed E-state index contributed by atoms with van der Waals surface area (Å²) in [5.41, 5.74) is 6.43. The van der Waals surface area contributed by atoms with Gasteiger partial charge in [0.2, 0.25) is 0 Å². The van der Waals surface area contributed by atoms with Gasteiger partial charge in [-0.25, -0.2) is 9.78 Å². The number of nitrogens with two attached hydrogens (primary N) is 1. The van der Waals surface area contributed by atoms with Crippen molar-refractivity contribution in [1.82, 2.24) is 15.3 Å². The molecule has 0 aliphatic carbocycles. The molecule has 2 atom stereocenters. The Kier molecular flexibility index (Phi) is 10.1. The normalized spacial score (nSPS) is 21.4. The molecule has 47 heavy (non-hydrogen) atoms. The van der Waals surface area contributed by atoms with Crippen molar-refractivity contribution in [2.75, 3.05) is 29.0 Å². The molecule has 4 rings (SSSR count). The molecule has 4 N–H and O–H groups in total. The van der Waals surface area contributed by atoms with Crippen molar-refractivity contribution in [2.24, 2.45) is 0 Å². The zero-order valence-electron chi connectivity index (χ0n) is 30.1. The van der Waals surface area contributed by atoms with Crippen molar-refractivity contribution < 1.29 is 28.1 Å². The Morgan fingerprint density at radius 2 is 1.70 bits per heavy atom. The highest BCUT2D eigenvalue weighted by molar-refractivity contribution is 6.74. The van der Waals surface area contributed by atoms with Gasteiger partial charge in [0.25, 0.3) is 5.91 Å². The monoisotopic (exact) mass is 668 g/mol. The number of alkyl carbamates (subject to hydrolysis) is 1. The van der Waals surface area contributed by atoms with E-state index in [1.807, 2.05) is 54.5 Å². The summed E-state index contributed by atoms with van der Waals surface area (Å²) in [5.74, 6) is -0.491. The van der Waals surface area contributed by atoms with Crippen LogP contribution in [0.25, 0.3) is 0 Å². The summed E-state index contributed by atoms with van der Waals surface area (Å²) in [6.45, 7) is 25.4. The third kappa shape index (κ3) is 8.46. The Labute approximate surface area is 281 Å². The van der Waals surface area contributed by atoms with Crippen LogP contribution >= 0.6 is 0 Å². The maximum Gasteiger partial charge on any atom is 0.514 e. The summed E-state index contributed by atoms with van der Waals surface area (Å²) in [5, 5.41) is 6.04. The number of piperidine rings is 1. The summed E-state index contributed by atoms with van der Waals surface area (Å²) < 4.78 is 24.7. The average Bonchev–Trinajstić information content (AvgIpc) is 3.14. The predicted molar refractivity (Wildman–Crippen MR) is 189 cm³/mol. The second-order valence-corrected chi connectivity index (χ2v) is 20.8. The first-order chi connectivity index (χ1) is 21.5. The molecule has 258 valence electrons. The van der Waals surface area contributed by atoms with Gasteiger partial charge in [-0.15, -0.1) is 0 Å². The van der Waals surface area contributed by atoms with E-state index in [0.717, 1.165) is 5.69 Å². The van der Waals surface area contributed by atoms with E-state index < -0.39 is 44.2 Å². The van der Waals surface area contributed by atoms with Crippen LogP contribution in [-0.4, -0.2) is 79.4 Å². The quantitative estimate of drug-likeness (QED) is 0.340. The number of pyridine rings is 2. The number of nitrogens with one attached hydrogen (secondary N) is 2. The van der Waals surface area contributed by atoms with Crippen LogP contribution in [0, 0.1) is 0 Å². The van der Waals surface area contributed by atoms with E-state index in [4.69, 9.17) is 24.2 Å². The lowest BCUT2D eigenvalue weighted by Gasteiger charge is -2.46. The molecule has 0 aromatic carbocycles. The van der Waals surface area contributed by atoms with Crippen LogP contribution in [-0.2, 0) is 18.5 Å². The molecule has 0 saturated carbocycles. The summed E-state index contributed by atoms with van der Waals surface area (Å²) in [4.78, 5) is 37.6. The molecule has 2 aromatic rings. The molecule has 2 aliphatic rings. The number of carbonyl (C=O) groups is 2. The van der Waals surface area contributed by atoms with Crippen molar-refractivity contribution in [1.29, 1.82) is 0 Å². The van der Waals surface area contributed by atoms with Gasteiger partial charge in [0.1, 0.15) is 5.60 Å². The zero-order valence-corrected chi connectivity index (χ0v) is 31.1. The number of aromatic nitrogens is 2. The lowest BCUT2D eigenvalue weighted by molar-refractivity contribution is 0.00578. The van der Waals surface area contributed by atoms with E-state index in [9.17, 15) is 9.59 Å². The van der Waals surface area contributed by atoms with Gasteiger partial charge in [-0.05, 0) is 91.2 Å². The molecule has 0 bridgehead atoms. The Morgan fingerprint density at radius 3 is 2.30 bits per heavy atom. The Bertz CT molecular complexity index is 1460. The Hall–Kier alpha value is -3.20. The molecular weight excluding hydrogens is 615 g/mol. The van der Waals surface area contributed by atoms with Gasteiger partial charge in [0.15, 0.2) is 14.0 Å². The number of rotatable bonds is 7. The van der Waals surface area contributed by atoms with E-state index in [1.54, 1.807) is 24.5 Å². The van der Waals surface area contributed by atoms with Crippen LogP contribution < -0.4 is 26.9 Å². The minimum absolute atomic E-state index is 0.00123. The molecule has 2 aliphatic heterocycles. The summed E-state index contributed by atoms with van der Waals surface area (Å²) in [6, 6.07) is 4.81. The van der Waals surface area contributed by atoms with Gasteiger partial charge < -0.3 is 39.7 Å². The predicted octanol–water partition coefficient (Wildman–Crippen LogP) is 5.10. The summed E-state index contributed by atoms with van der Waals surface area (Å²) in [6.07, 6.45) is 3.22. The Morgan fingerprint density at radius 1 is 1.06 bits per heavy atom. The Balaban J connectivity index is 1.57. The maximum absolute atomic E-state index is 13.7. The van der Waals surface area contributed by atoms with Crippen LogP contribution in [0.3, 0.4) is 0 Å². The second-order valence-electron chi connectivity index (χ2n) is 16.0. The summed E-state index contributed by atoms with van der Waals surface area (Å²) in [7, 11) is -2.90. The highest BCUT2D eigenvalue weighted by Gasteiger charge is 2.52. The van der Waals surface area contributed by atoms with Crippen LogP contribution in [0.4, 0.5) is 21.9 Å². The molecule has 0 radical (unpaired) electrons. The number of hydrogen-bond donors (Lipinski definition) is 3. The number of nitrogen functional groups attached to an aromatic ring is 1. The van der Waals surface area contributed by atoms with Crippen molar-refractivity contribution in [3.63, 3.8) is 0 Å². The largest absolute Gasteiger partial charge is 0.514 e. The molecule has 2 aromatic heterocycles. The van der Waals surface area contributed by atoms with Gasteiger partial charge in [-0.1, -0.05) is 20.8 Å². The van der Waals surface area contributed by atoms with Crippen LogP contribution in [0.5, 0.6) is 0 Å². The fraction of sp³-hybridized carbons (Fsp3) is 0.636. The van der Waals surface area contributed by atoms with E-state index in [2.05, 4.69) is 59.4 Å². The van der Waals surface area contributed by atoms with Gasteiger partial charge in [0.05, 0.1) is 52.2 Å². The van der Waals surface area contributed by atoms with Gasteiger partial charge in [0, 0.05) is 19.3 Å². The third-order valence-electron chi connectivity index (χ3n) is 9.55. The first kappa shape index (κ1) is 36.6. The summed E-state index contributed by atoms with van der Waals surface area (Å²) >= 11 is 0. The molecule has 4 heterocycles. The van der Waals surface area contributed by atoms with E-state index >= 15 is 0 Å². The molecule has 0 unspecified atom stereocenters. The number of nitrogens with zero attached hydrogens (tertiary/aromatic N) is 3. The highest BCUT2D eigenvalue weighted by atomic mass is 28.4. The second kappa shape index (κ2) is 13.0. The fourth-order valence-corrected chi connectivity index (χ4v) is 6.54. The average molecular weight is 669 g/mol. The number of amides is 2. The number of anilines is 3. The van der Waals surface area contributed by atoms with Crippen LogP contribution in [0.15, 0.2) is 30.6 Å². The van der Waals surface area contributed by atoms with Crippen molar-refractivity contribution in [3.8, 4) is 0 Å². The molecular formula is C33H53BN6O6Si. The topological polar surface area (TPSA) is 150 Å². The standard InChI is InChI=1S/C33H53BN6O6Si/c1-30(2,3)43-29(42)38-23-20-40(18-16-25(23)44-47(11,12)31(4,5)6)24-15-17-36-19-22(24)37-28(41)27-21(35)13-14-26(39-27)34-45-32(7,8)33(9,10)46-34/h13-15,17,19,23,25H,16,18,20,35H2,1-12H3,(H,37,41)(H,38,42)/t23-,25-/m1/s1. The van der Waals surface area contributed by atoms with Gasteiger partial charge in [-0.3, -0.25) is 9.78 Å². The van der Waals surface area contributed by atoms with Gasteiger partial charge in [-0.2, -0.15) is 0 Å². The van der Waals surface area contributed by atoms with Crippen molar-refractivity contribution in [3.05, 3.63) is 36.3 Å². The van der Waals surface area contributed by atoms with Crippen LogP contribution in [0.1, 0.15) is 86.1 Å². The number of ether oxygens (including phenoxy) is 1. The smallest absolute Gasteiger partial charge is 0.444 e. The first-order valence-electron chi connectivity index (χ1n) is 16.3. The minimum Gasteiger partial charge on any atom is -0.444 e. The molecule has 2 amide bonds. The van der Waals surface area contributed by atoms with E-state index in [0.29, 0.717) is 30.8 Å². The molecule has 2 fully saturated rings. The van der Waals surface area contributed by atoms with Crippen LogP contribution in [0.2, 0.25) is 18.1 Å². The van der Waals surface area contributed by atoms with E-state index in [-0.39, 0.29) is 28.6 Å². The number of carbonyl (C=O) groups excluding carboxylic acids is 2. The first-order valence-corrected chi connectivity index (χ1v) is 19.2. The fourth-order valence-electron chi connectivity index (χ4n) is 5.15. The molecule has 0 spiro atoms. The maximum atomic E-state index is 13.7. The zero-order chi connectivity index (χ0) is 35.2. The van der Waals surface area contributed by atoms with Crippen molar-refractivity contribution >= 4 is 50.1 Å². The van der Waals surface area contributed by atoms with Crippen molar-refractivity contribution in [2.45, 2.75) is 123 Å². The van der Waals surface area contributed by atoms with E-state index in [1.165, 1.54) is 0 Å². The molecule has 12 nitrogen and oxygen atoms in total. The molecule has 14 heteroatoms. The lowest BCUT2D eigenvalue weighted by Crippen LogP contribution is -2.59. The van der Waals surface area contributed by atoms with Gasteiger partial charge >= 0.3 is 13.2 Å². The highest BCUT2D eigenvalue weighted by Crippen LogP contribution is 2.39.